The normalized spacial score (nSPS) is 27.7. The van der Waals surface area contributed by atoms with Gasteiger partial charge in [-0.3, -0.25) is 0 Å². The van der Waals surface area contributed by atoms with E-state index in [-0.39, 0.29) is 23.2 Å². The Bertz CT molecular complexity index is 659. The van der Waals surface area contributed by atoms with Gasteiger partial charge in [-0.15, -0.1) is 0 Å². The van der Waals surface area contributed by atoms with Gasteiger partial charge in [0, 0.05) is 0 Å². The zero-order chi connectivity index (χ0) is 19.0. The number of nitrogens with one attached hydrogen (secondary N) is 1. The summed E-state index contributed by atoms with van der Waals surface area (Å²) in [7, 11) is 0. The fourth-order valence-electron chi connectivity index (χ4n) is 4.41. The molecule has 2 bridgehead atoms. The van der Waals surface area contributed by atoms with Gasteiger partial charge in [-0.1, -0.05) is 30.3 Å². The first-order valence-electron chi connectivity index (χ1n) is 9.01. The van der Waals surface area contributed by atoms with Crippen LogP contribution < -0.4 is 5.32 Å². The highest BCUT2D eigenvalue weighted by atomic mass is 16.5. The summed E-state index contributed by atoms with van der Waals surface area (Å²) < 4.78 is 11.2. The highest BCUT2D eigenvalue weighted by Crippen LogP contribution is 2.71. The Balaban J connectivity index is 1.47. The summed E-state index contributed by atoms with van der Waals surface area (Å²) in [4.78, 5) is 23.5. The number of alkyl carbamates (subject to hydrolysis) is 1. The zero-order valence-corrected chi connectivity index (χ0v) is 15.6. The number of carboxylic acids is 1. The molecule has 2 N–H and O–H groups in total. The molecule has 4 rings (SSSR count). The molecule has 1 amide bonds. The standard InChI is InChI=1S/C20H27NO5/c1-18(2,3)26-20-11-19(12-20,13-20)9-15(16(22)23)21-17(24)25-10-14-7-5-4-6-8-14/h4-8,15H,9-13H2,1-3H3,(H,21,24)(H,22,23)/t15-,19?,20?/m0/s1. The summed E-state index contributed by atoms with van der Waals surface area (Å²) in [5.41, 5.74) is 0.546. The third-order valence-electron chi connectivity index (χ3n) is 5.05. The minimum absolute atomic E-state index is 0.0268. The molecule has 1 aromatic rings. The Kier molecular flexibility index (Phi) is 4.73. The minimum atomic E-state index is -1.03. The molecule has 3 saturated carbocycles. The lowest BCUT2D eigenvalue weighted by Crippen LogP contribution is -2.71. The summed E-state index contributed by atoms with van der Waals surface area (Å²) in [5, 5.41) is 12.0. The Morgan fingerprint density at radius 3 is 2.35 bits per heavy atom. The topological polar surface area (TPSA) is 84.9 Å². The summed E-state index contributed by atoms with van der Waals surface area (Å²) in [6.45, 7) is 6.21. The molecule has 1 atom stereocenters. The minimum Gasteiger partial charge on any atom is -0.480 e. The van der Waals surface area contributed by atoms with Crippen molar-refractivity contribution in [1.29, 1.82) is 0 Å². The molecule has 0 radical (unpaired) electrons. The van der Waals surface area contributed by atoms with E-state index in [9.17, 15) is 14.7 Å². The quantitative estimate of drug-likeness (QED) is 0.776. The molecule has 0 unspecified atom stereocenters. The van der Waals surface area contributed by atoms with Crippen LogP contribution in [0.25, 0.3) is 0 Å². The van der Waals surface area contributed by atoms with Crippen molar-refractivity contribution in [3.63, 3.8) is 0 Å². The molecule has 0 spiro atoms. The van der Waals surface area contributed by atoms with Crippen LogP contribution in [-0.2, 0) is 20.9 Å². The van der Waals surface area contributed by atoms with Gasteiger partial charge in [0.15, 0.2) is 0 Å². The number of carboxylic acid groups (broad SMARTS) is 1. The van der Waals surface area contributed by atoms with Gasteiger partial charge in [-0.2, -0.15) is 0 Å². The predicted octanol–water partition coefficient (Wildman–Crippen LogP) is 3.49. The predicted molar refractivity (Wildman–Crippen MR) is 95.7 cm³/mol. The third-order valence-corrected chi connectivity index (χ3v) is 5.05. The van der Waals surface area contributed by atoms with Crippen LogP contribution in [0.4, 0.5) is 4.79 Å². The maximum atomic E-state index is 12.0. The molecule has 3 aliphatic carbocycles. The van der Waals surface area contributed by atoms with E-state index < -0.39 is 18.1 Å². The fraction of sp³-hybridized carbons (Fsp3) is 0.600. The van der Waals surface area contributed by atoms with Crippen molar-refractivity contribution in [3.8, 4) is 0 Å². The van der Waals surface area contributed by atoms with E-state index in [1.54, 1.807) is 0 Å². The first-order valence-corrected chi connectivity index (χ1v) is 9.01. The average Bonchev–Trinajstić information content (AvgIpc) is 2.48. The Labute approximate surface area is 153 Å². The molecular formula is C20H27NO5. The molecule has 142 valence electrons. The number of amides is 1. The van der Waals surface area contributed by atoms with E-state index in [1.807, 2.05) is 51.1 Å². The third kappa shape index (κ3) is 4.18. The molecular weight excluding hydrogens is 334 g/mol. The molecule has 3 aliphatic rings. The second-order valence-corrected chi connectivity index (χ2v) is 8.73. The highest BCUT2D eigenvalue weighted by molar-refractivity contribution is 5.80. The second kappa shape index (κ2) is 6.58. The number of carbonyl (C=O) groups is 2. The molecule has 0 saturated heterocycles. The Hall–Kier alpha value is -2.08. The monoisotopic (exact) mass is 361 g/mol. The average molecular weight is 361 g/mol. The maximum Gasteiger partial charge on any atom is 0.408 e. The zero-order valence-electron chi connectivity index (χ0n) is 15.6. The Morgan fingerprint density at radius 2 is 1.81 bits per heavy atom. The fourth-order valence-corrected chi connectivity index (χ4v) is 4.41. The van der Waals surface area contributed by atoms with Crippen molar-refractivity contribution in [3.05, 3.63) is 35.9 Å². The number of ether oxygens (including phenoxy) is 2. The van der Waals surface area contributed by atoms with Crippen molar-refractivity contribution in [2.24, 2.45) is 5.41 Å². The van der Waals surface area contributed by atoms with Crippen LogP contribution in [0.1, 0.15) is 52.0 Å². The van der Waals surface area contributed by atoms with E-state index in [1.165, 1.54) is 0 Å². The molecule has 6 nitrogen and oxygen atoms in total. The smallest absolute Gasteiger partial charge is 0.408 e. The number of aliphatic carboxylic acids is 1. The van der Waals surface area contributed by atoms with Gasteiger partial charge in [0.2, 0.25) is 0 Å². The number of hydrogen-bond donors (Lipinski definition) is 2. The number of carbonyl (C=O) groups excluding carboxylic acids is 1. The van der Waals surface area contributed by atoms with Crippen LogP contribution in [0.2, 0.25) is 0 Å². The van der Waals surface area contributed by atoms with Crippen LogP contribution in [0.5, 0.6) is 0 Å². The van der Waals surface area contributed by atoms with Crippen molar-refractivity contribution >= 4 is 12.1 Å². The van der Waals surface area contributed by atoms with Crippen molar-refractivity contribution in [2.75, 3.05) is 0 Å². The van der Waals surface area contributed by atoms with E-state index in [2.05, 4.69) is 5.32 Å². The van der Waals surface area contributed by atoms with Gasteiger partial charge in [0.05, 0.1) is 11.2 Å². The largest absolute Gasteiger partial charge is 0.480 e. The molecule has 3 fully saturated rings. The molecule has 0 heterocycles. The lowest BCUT2D eigenvalue weighted by Gasteiger charge is -2.71. The summed E-state index contributed by atoms with van der Waals surface area (Å²) >= 11 is 0. The number of hydrogen-bond acceptors (Lipinski definition) is 4. The SMILES string of the molecule is CC(C)(C)OC12CC(C[C@H](NC(=O)OCc3ccccc3)C(=O)O)(C1)C2. The maximum absolute atomic E-state index is 12.0. The number of benzene rings is 1. The van der Waals surface area contributed by atoms with Gasteiger partial charge < -0.3 is 19.9 Å². The molecule has 0 aliphatic heterocycles. The van der Waals surface area contributed by atoms with Gasteiger partial charge in [0.1, 0.15) is 12.6 Å². The van der Waals surface area contributed by atoms with Crippen LogP contribution in [0.3, 0.4) is 0 Å². The van der Waals surface area contributed by atoms with Crippen molar-refractivity contribution < 1.29 is 24.2 Å². The second-order valence-electron chi connectivity index (χ2n) is 8.73. The molecule has 0 aromatic heterocycles. The van der Waals surface area contributed by atoms with E-state index in [0.29, 0.717) is 6.42 Å². The summed E-state index contributed by atoms with van der Waals surface area (Å²) in [5.74, 6) is -1.03. The van der Waals surface area contributed by atoms with E-state index >= 15 is 0 Å². The lowest BCUT2D eigenvalue weighted by molar-refractivity contribution is -0.320. The van der Waals surface area contributed by atoms with Crippen LogP contribution in [0.15, 0.2) is 30.3 Å². The molecule has 6 heteroatoms. The molecule has 26 heavy (non-hydrogen) atoms. The first kappa shape index (κ1) is 18.7. The van der Waals surface area contributed by atoms with Crippen molar-refractivity contribution in [2.45, 2.75) is 70.3 Å². The Morgan fingerprint density at radius 1 is 1.19 bits per heavy atom. The highest BCUT2D eigenvalue weighted by Gasteiger charge is 2.70. The lowest BCUT2D eigenvalue weighted by atomic mass is 9.39. The van der Waals surface area contributed by atoms with E-state index in [0.717, 1.165) is 24.8 Å². The van der Waals surface area contributed by atoms with Crippen LogP contribution in [0, 0.1) is 5.41 Å². The van der Waals surface area contributed by atoms with Gasteiger partial charge in [-0.05, 0) is 57.4 Å². The van der Waals surface area contributed by atoms with Gasteiger partial charge in [-0.25, -0.2) is 9.59 Å². The van der Waals surface area contributed by atoms with E-state index in [4.69, 9.17) is 9.47 Å². The summed E-state index contributed by atoms with van der Waals surface area (Å²) in [6.07, 6.45) is 2.30. The van der Waals surface area contributed by atoms with Crippen molar-refractivity contribution in [1.82, 2.24) is 5.32 Å². The first-order chi connectivity index (χ1) is 12.1. The van der Waals surface area contributed by atoms with Crippen LogP contribution >= 0.6 is 0 Å². The summed E-state index contributed by atoms with van der Waals surface area (Å²) in [6, 6.07) is 8.34. The molecule has 1 aromatic carbocycles. The number of rotatable bonds is 7. The van der Waals surface area contributed by atoms with Gasteiger partial charge >= 0.3 is 12.1 Å². The van der Waals surface area contributed by atoms with Gasteiger partial charge in [0.25, 0.3) is 0 Å². The van der Waals surface area contributed by atoms with Crippen LogP contribution in [-0.4, -0.2) is 34.4 Å².